The smallest absolute Gasteiger partial charge is 0.338 e. The van der Waals surface area contributed by atoms with E-state index in [2.05, 4.69) is 10.6 Å². The Kier molecular flexibility index (Phi) is 6.71. The standard InChI is InChI=1S/C24H31N3O4S/c1-27(21-11-10-18-6-2-3-7-19(18)23(21)24(28)29)32(30,31)22-9-5-4-8-20(22)26-16-17-12-14-25-15-13-17/h4-5,8-11,17,25-26H,2-3,6-7,12-16H2,1H3,(H,28,29). The molecule has 1 saturated heterocycles. The number of nitrogens with one attached hydrogen (secondary N) is 2. The predicted octanol–water partition coefficient (Wildman–Crippen LogP) is 3.50. The Balaban J connectivity index is 1.66. The van der Waals surface area contributed by atoms with Crippen molar-refractivity contribution in [3.8, 4) is 0 Å². The third kappa shape index (κ3) is 4.47. The molecule has 2 aromatic carbocycles. The highest BCUT2D eigenvalue weighted by atomic mass is 32.2. The van der Waals surface area contributed by atoms with Crippen molar-refractivity contribution >= 4 is 27.4 Å². The van der Waals surface area contributed by atoms with E-state index in [1.54, 1.807) is 24.3 Å². The van der Waals surface area contributed by atoms with Crippen LogP contribution in [0.4, 0.5) is 11.4 Å². The first-order valence-electron chi connectivity index (χ1n) is 11.3. The third-order valence-corrected chi connectivity index (χ3v) is 8.46. The van der Waals surface area contributed by atoms with Gasteiger partial charge in [0.2, 0.25) is 0 Å². The maximum Gasteiger partial charge on any atom is 0.338 e. The molecule has 0 aromatic heterocycles. The number of carbonyl (C=O) groups is 1. The number of rotatable bonds is 7. The van der Waals surface area contributed by atoms with Gasteiger partial charge in [-0.2, -0.15) is 0 Å². The molecule has 2 aliphatic rings. The fourth-order valence-electron chi connectivity index (χ4n) is 4.77. The van der Waals surface area contributed by atoms with Gasteiger partial charge in [-0.15, -0.1) is 0 Å². The number of carboxylic acids is 1. The minimum atomic E-state index is -3.96. The number of anilines is 2. The van der Waals surface area contributed by atoms with E-state index in [4.69, 9.17) is 0 Å². The molecule has 1 aliphatic heterocycles. The van der Waals surface area contributed by atoms with Gasteiger partial charge < -0.3 is 15.7 Å². The molecule has 0 amide bonds. The summed E-state index contributed by atoms with van der Waals surface area (Å²) in [6, 6.07) is 10.4. The Morgan fingerprint density at radius 2 is 1.84 bits per heavy atom. The molecule has 172 valence electrons. The fraction of sp³-hybridized carbons (Fsp3) is 0.458. The molecule has 0 atom stereocenters. The van der Waals surface area contributed by atoms with Crippen LogP contribution in [0.3, 0.4) is 0 Å². The number of fused-ring (bicyclic) bond motifs is 1. The predicted molar refractivity (Wildman–Crippen MR) is 126 cm³/mol. The highest BCUT2D eigenvalue weighted by molar-refractivity contribution is 7.93. The number of nitrogens with zero attached hydrogens (tertiary/aromatic N) is 1. The highest BCUT2D eigenvalue weighted by Crippen LogP contribution is 2.35. The van der Waals surface area contributed by atoms with E-state index in [0.29, 0.717) is 24.6 Å². The summed E-state index contributed by atoms with van der Waals surface area (Å²) in [5.41, 5.74) is 2.64. The molecule has 0 spiro atoms. The third-order valence-electron chi connectivity index (χ3n) is 6.63. The van der Waals surface area contributed by atoms with Gasteiger partial charge >= 0.3 is 5.97 Å². The largest absolute Gasteiger partial charge is 0.478 e. The van der Waals surface area contributed by atoms with Crippen molar-refractivity contribution in [2.45, 2.75) is 43.4 Å². The van der Waals surface area contributed by atoms with Crippen molar-refractivity contribution in [3.05, 3.63) is 53.1 Å². The second kappa shape index (κ2) is 9.50. The van der Waals surface area contributed by atoms with Gasteiger partial charge in [-0.25, -0.2) is 13.2 Å². The Labute approximate surface area is 189 Å². The number of sulfonamides is 1. The molecule has 1 aliphatic carbocycles. The number of aromatic carboxylic acids is 1. The number of piperidine rings is 1. The van der Waals surface area contributed by atoms with E-state index in [1.807, 2.05) is 12.1 Å². The average molecular weight is 458 g/mol. The van der Waals surface area contributed by atoms with Crippen molar-refractivity contribution in [1.29, 1.82) is 0 Å². The number of carboxylic acid groups (broad SMARTS) is 1. The molecule has 3 N–H and O–H groups in total. The summed E-state index contributed by atoms with van der Waals surface area (Å²) < 4.78 is 28.4. The first kappa shape index (κ1) is 22.6. The van der Waals surface area contributed by atoms with E-state index in [0.717, 1.165) is 60.6 Å². The summed E-state index contributed by atoms with van der Waals surface area (Å²) in [6.45, 7) is 2.66. The van der Waals surface area contributed by atoms with Crippen molar-refractivity contribution < 1.29 is 18.3 Å². The minimum Gasteiger partial charge on any atom is -0.478 e. The normalized spacial score (nSPS) is 16.9. The minimum absolute atomic E-state index is 0.105. The van der Waals surface area contributed by atoms with Crippen LogP contribution in [0.15, 0.2) is 41.3 Å². The molecule has 0 bridgehead atoms. The van der Waals surface area contributed by atoms with Crippen molar-refractivity contribution in [3.63, 3.8) is 0 Å². The molecule has 1 heterocycles. The molecule has 4 rings (SSSR count). The molecular weight excluding hydrogens is 426 g/mol. The van der Waals surface area contributed by atoms with Crippen LogP contribution >= 0.6 is 0 Å². The molecule has 0 unspecified atom stereocenters. The number of benzene rings is 2. The maximum absolute atomic E-state index is 13.6. The summed E-state index contributed by atoms with van der Waals surface area (Å²) in [6.07, 6.45) is 5.53. The van der Waals surface area contributed by atoms with Gasteiger partial charge in [0.1, 0.15) is 4.90 Å². The zero-order valence-corrected chi connectivity index (χ0v) is 19.2. The lowest BCUT2D eigenvalue weighted by Crippen LogP contribution is -2.32. The van der Waals surface area contributed by atoms with Gasteiger partial charge in [0.15, 0.2) is 0 Å². The van der Waals surface area contributed by atoms with E-state index < -0.39 is 16.0 Å². The van der Waals surface area contributed by atoms with E-state index >= 15 is 0 Å². The van der Waals surface area contributed by atoms with Gasteiger partial charge in [-0.1, -0.05) is 18.2 Å². The molecule has 8 heteroatoms. The lowest BCUT2D eigenvalue weighted by Gasteiger charge is -2.27. The molecule has 0 radical (unpaired) electrons. The van der Waals surface area contributed by atoms with E-state index in [9.17, 15) is 18.3 Å². The molecule has 1 fully saturated rings. The topological polar surface area (TPSA) is 98.7 Å². The SMILES string of the molecule is CN(c1ccc2c(c1C(=O)O)CCCC2)S(=O)(=O)c1ccccc1NCC1CCNCC1. The zero-order valence-electron chi connectivity index (χ0n) is 18.4. The number of hydrogen-bond donors (Lipinski definition) is 3. The monoisotopic (exact) mass is 457 g/mol. The van der Waals surface area contributed by atoms with E-state index in [1.165, 1.54) is 7.05 Å². The summed E-state index contributed by atoms with van der Waals surface area (Å²) in [7, 11) is -2.52. The number of aryl methyl sites for hydroxylation is 1. The van der Waals surface area contributed by atoms with Crippen LogP contribution in [0.25, 0.3) is 0 Å². The van der Waals surface area contributed by atoms with E-state index in [-0.39, 0.29) is 16.1 Å². The lowest BCUT2D eigenvalue weighted by molar-refractivity contribution is 0.0696. The van der Waals surface area contributed by atoms with Crippen molar-refractivity contribution in [2.24, 2.45) is 5.92 Å². The molecule has 7 nitrogen and oxygen atoms in total. The second-order valence-electron chi connectivity index (χ2n) is 8.65. The molecule has 32 heavy (non-hydrogen) atoms. The Morgan fingerprint density at radius 1 is 1.12 bits per heavy atom. The second-order valence-corrected chi connectivity index (χ2v) is 10.6. The van der Waals surface area contributed by atoms with Crippen LogP contribution in [0, 0.1) is 5.92 Å². The van der Waals surface area contributed by atoms with Crippen LogP contribution in [-0.2, 0) is 22.9 Å². The number of para-hydroxylation sites is 1. The number of hydrogen-bond acceptors (Lipinski definition) is 5. The van der Waals surface area contributed by atoms with Crippen LogP contribution in [0.2, 0.25) is 0 Å². The van der Waals surface area contributed by atoms with Gasteiger partial charge in [0.05, 0.1) is 16.9 Å². The van der Waals surface area contributed by atoms with Gasteiger partial charge in [0, 0.05) is 13.6 Å². The van der Waals surface area contributed by atoms with Gasteiger partial charge in [-0.3, -0.25) is 4.31 Å². The maximum atomic E-state index is 13.6. The molecule has 2 aromatic rings. The highest BCUT2D eigenvalue weighted by Gasteiger charge is 2.30. The Morgan fingerprint density at radius 3 is 2.59 bits per heavy atom. The molecular formula is C24H31N3O4S. The quantitative estimate of drug-likeness (QED) is 0.589. The first-order valence-corrected chi connectivity index (χ1v) is 12.7. The van der Waals surface area contributed by atoms with Gasteiger partial charge in [0.25, 0.3) is 10.0 Å². The van der Waals surface area contributed by atoms with Crippen LogP contribution < -0.4 is 14.9 Å². The molecule has 0 saturated carbocycles. The van der Waals surface area contributed by atoms with Gasteiger partial charge in [-0.05, 0) is 86.9 Å². The van der Waals surface area contributed by atoms with Crippen LogP contribution in [0.5, 0.6) is 0 Å². The average Bonchev–Trinajstić information content (AvgIpc) is 2.82. The fourth-order valence-corrected chi connectivity index (χ4v) is 6.15. The van der Waals surface area contributed by atoms with Crippen LogP contribution in [0.1, 0.15) is 47.2 Å². The van der Waals surface area contributed by atoms with Crippen molar-refractivity contribution in [2.75, 3.05) is 36.3 Å². The lowest BCUT2D eigenvalue weighted by atomic mass is 9.87. The first-order chi connectivity index (χ1) is 15.4. The van der Waals surface area contributed by atoms with Crippen molar-refractivity contribution in [1.82, 2.24) is 5.32 Å². The van der Waals surface area contributed by atoms with Crippen LogP contribution in [-0.4, -0.2) is 46.2 Å². The zero-order chi connectivity index (χ0) is 22.7. The Hall–Kier alpha value is -2.58. The summed E-state index contributed by atoms with van der Waals surface area (Å²) >= 11 is 0. The summed E-state index contributed by atoms with van der Waals surface area (Å²) in [5.74, 6) is -0.595. The summed E-state index contributed by atoms with van der Waals surface area (Å²) in [5, 5.41) is 16.6. The Bertz CT molecular complexity index is 1090. The summed E-state index contributed by atoms with van der Waals surface area (Å²) in [4.78, 5) is 12.3.